The fourth-order valence-corrected chi connectivity index (χ4v) is 9.51. The van der Waals surface area contributed by atoms with Gasteiger partial charge in [-0.1, -0.05) is 306 Å². The standard InChI is InChI=1S/C70H124O6/c1-4-7-10-13-16-19-22-24-26-28-30-32-33-34-35-36-37-38-40-41-43-45-48-51-54-57-60-63-69(72)75-66-67(65-74-68(71)62-59-56-53-50-47-21-18-15-12-9-6-3)76-70(73)64-61-58-55-52-49-46-44-42-39-31-29-27-25-23-20-17-14-11-8-5-2/h7,10,15-16,18-19,24,26,30,32,34-35,67H,4-6,8-9,11-14,17,20-23,25,27-29,31,33,36-66H2,1-3H3/b10-7-,18-15-,19-16-,26-24-,32-30-,35-34-. The van der Waals surface area contributed by atoms with E-state index < -0.39 is 6.10 Å². The van der Waals surface area contributed by atoms with E-state index in [1.807, 2.05) is 0 Å². The van der Waals surface area contributed by atoms with Gasteiger partial charge in [0.25, 0.3) is 0 Å². The van der Waals surface area contributed by atoms with Crippen molar-refractivity contribution < 1.29 is 28.6 Å². The second kappa shape index (κ2) is 64.4. The molecule has 6 nitrogen and oxygen atoms in total. The largest absolute Gasteiger partial charge is 0.462 e. The zero-order valence-corrected chi connectivity index (χ0v) is 50.5. The molecule has 1 unspecified atom stereocenters. The van der Waals surface area contributed by atoms with Gasteiger partial charge in [0.2, 0.25) is 0 Å². The maximum atomic E-state index is 12.9. The van der Waals surface area contributed by atoms with Crippen LogP contribution in [-0.4, -0.2) is 37.2 Å². The molecule has 0 aromatic rings. The Kier molecular flexibility index (Phi) is 61.7. The average Bonchev–Trinajstić information content (AvgIpc) is 3.42. The molecule has 1 atom stereocenters. The minimum atomic E-state index is -0.778. The summed E-state index contributed by atoms with van der Waals surface area (Å²) in [5.41, 5.74) is 0. The first-order valence-electron chi connectivity index (χ1n) is 32.9. The molecule has 0 bridgehead atoms. The van der Waals surface area contributed by atoms with Gasteiger partial charge in [-0.2, -0.15) is 0 Å². The molecule has 0 aliphatic carbocycles. The third kappa shape index (κ3) is 61.7. The predicted octanol–water partition coefficient (Wildman–Crippen LogP) is 22.5. The van der Waals surface area contributed by atoms with Crippen molar-refractivity contribution in [1.29, 1.82) is 0 Å². The summed E-state index contributed by atoms with van der Waals surface area (Å²) < 4.78 is 16.9. The van der Waals surface area contributed by atoms with Crippen LogP contribution in [0.1, 0.15) is 335 Å². The van der Waals surface area contributed by atoms with Gasteiger partial charge in [0.05, 0.1) is 0 Å². The molecular weight excluding hydrogens is 937 g/mol. The molecule has 440 valence electrons. The maximum Gasteiger partial charge on any atom is 0.306 e. The molecule has 0 rings (SSSR count). The quantitative estimate of drug-likeness (QED) is 0.0261. The highest BCUT2D eigenvalue weighted by molar-refractivity contribution is 5.71. The van der Waals surface area contributed by atoms with Crippen LogP contribution in [-0.2, 0) is 28.6 Å². The molecule has 0 aliphatic rings. The Morgan fingerprint density at radius 2 is 0.526 bits per heavy atom. The Morgan fingerprint density at radius 3 is 0.855 bits per heavy atom. The van der Waals surface area contributed by atoms with E-state index in [0.29, 0.717) is 19.3 Å². The van der Waals surface area contributed by atoms with Gasteiger partial charge >= 0.3 is 17.9 Å². The van der Waals surface area contributed by atoms with Crippen molar-refractivity contribution >= 4 is 17.9 Å². The monoisotopic (exact) mass is 1060 g/mol. The zero-order valence-electron chi connectivity index (χ0n) is 50.5. The van der Waals surface area contributed by atoms with Crippen molar-refractivity contribution in [2.75, 3.05) is 13.2 Å². The Bertz CT molecular complexity index is 1400. The second-order valence-corrected chi connectivity index (χ2v) is 22.0. The molecule has 0 aromatic heterocycles. The number of rotatable bonds is 60. The normalized spacial score (nSPS) is 12.5. The number of unbranched alkanes of at least 4 members (excludes halogenated alkanes) is 37. The summed E-state index contributed by atoms with van der Waals surface area (Å²) in [4.78, 5) is 38.3. The summed E-state index contributed by atoms with van der Waals surface area (Å²) in [6.07, 6.45) is 83.5. The van der Waals surface area contributed by atoms with E-state index in [-0.39, 0.29) is 31.1 Å². The molecule has 0 N–H and O–H groups in total. The molecule has 0 radical (unpaired) electrons. The highest BCUT2D eigenvalue weighted by atomic mass is 16.6. The lowest BCUT2D eigenvalue weighted by Gasteiger charge is -2.18. The smallest absolute Gasteiger partial charge is 0.306 e. The molecule has 0 amide bonds. The molecule has 0 aromatic carbocycles. The minimum absolute atomic E-state index is 0.0760. The Morgan fingerprint density at radius 1 is 0.276 bits per heavy atom. The lowest BCUT2D eigenvalue weighted by atomic mass is 10.0. The van der Waals surface area contributed by atoms with E-state index >= 15 is 0 Å². The second-order valence-electron chi connectivity index (χ2n) is 22.0. The first-order valence-corrected chi connectivity index (χ1v) is 32.9. The van der Waals surface area contributed by atoms with Crippen molar-refractivity contribution in [1.82, 2.24) is 0 Å². The van der Waals surface area contributed by atoms with Gasteiger partial charge in [0.1, 0.15) is 13.2 Å². The van der Waals surface area contributed by atoms with Gasteiger partial charge < -0.3 is 14.2 Å². The first kappa shape index (κ1) is 72.8. The number of carbonyl (C=O) groups excluding carboxylic acids is 3. The minimum Gasteiger partial charge on any atom is -0.462 e. The third-order valence-corrected chi connectivity index (χ3v) is 14.4. The van der Waals surface area contributed by atoms with Crippen LogP contribution < -0.4 is 0 Å². The average molecular weight is 1060 g/mol. The lowest BCUT2D eigenvalue weighted by Crippen LogP contribution is -2.30. The first-order chi connectivity index (χ1) is 37.5. The molecule has 76 heavy (non-hydrogen) atoms. The van der Waals surface area contributed by atoms with Crippen LogP contribution in [0.5, 0.6) is 0 Å². The van der Waals surface area contributed by atoms with Crippen molar-refractivity contribution in [3.63, 3.8) is 0 Å². The van der Waals surface area contributed by atoms with E-state index in [9.17, 15) is 14.4 Å². The number of ether oxygens (including phenoxy) is 3. The van der Waals surface area contributed by atoms with Crippen LogP contribution >= 0.6 is 0 Å². The lowest BCUT2D eigenvalue weighted by molar-refractivity contribution is -0.167. The molecule has 0 heterocycles. The van der Waals surface area contributed by atoms with Gasteiger partial charge in [-0.15, -0.1) is 0 Å². The number of esters is 3. The van der Waals surface area contributed by atoms with Crippen LogP contribution in [0.4, 0.5) is 0 Å². The van der Waals surface area contributed by atoms with E-state index in [0.717, 1.165) is 96.3 Å². The zero-order chi connectivity index (χ0) is 55.0. The summed E-state index contributed by atoms with van der Waals surface area (Å²) >= 11 is 0. The van der Waals surface area contributed by atoms with E-state index in [4.69, 9.17) is 14.2 Å². The van der Waals surface area contributed by atoms with Crippen LogP contribution in [0.3, 0.4) is 0 Å². The number of allylic oxidation sites excluding steroid dienone is 12. The molecular formula is C70H124O6. The van der Waals surface area contributed by atoms with Gasteiger partial charge in [-0.3, -0.25) is 14.4 Å². The van der Waals surface area contributed by atoms with Crippen molar-refractivity contribution in [3.05, 3.63) is 72.9 Å². The van der Waals surface area contributed by atoms with E-state index in [2.05, 4.69) is 93.7 Å². The van der Waals surface area contributed by atoms with Crippen LogP contribution in [0.15, 0.2) is 72.9 Å². The molecule has 0 aliphatic heterocycles. The fraction of sp³-hybridized carbons (Fsp3) is 0.786. The molecule has 0 saturated carbocycles. The van der Waals surface area contributed by atoms with Crippen molar-refractivity contribution in [3.8, 4) is 0 Å². The number of hydrogen-bond donors (Lipinski definition) is 0. The fourth-order valence-electron chi connectivity index (χ4n) is 9.51. The molecule has 0 saturated heterocycles. The summed E-state index contributed by atoms with van der Waals surface area (Å²) in [7, 11) is 0. The highest BCUT2D eigenvalue weighted by Gasteiger charge is 2.19. The third-order valence-electron chi connectivity index (χ3n) is 14.4. The maximum absolute atomic E-state index is 12.9. The topological polar surface area (TPSA) is 78.9 Å². The van der Waals surface area contributed by atoms with E-state index in [1.54, 1.807) is 0 Å². The molecule has 6 heteroatoms. The van der Waals surface area contributed by atoms with Gasteiger partial charge in [-0.25, -0.2) is 0 Å². The number of carbonyl (C=O) groups is 3. The van der Waals surface area contributed by atoms with Crippen LogP contribution in [0, 0.1) is 0 Å². The van der Waals surface area contributed by atoms with Crippen molar-refractivity contribution in [2.45, 2.75) is 341 Å². The Hall–Kier alpha value is -3.15. The highest BCUT2D eigenvalue weighted by Crippen LogP contribution is 2.17. The summed E-state index contributed by atoms with van der Waals surface area (Å²) in [5.74, 6) is -0.871. The van der Waals surface area contributed by atoms with E-state index in [1.165, 1.54) is 199 Å². The summed E-state index contributed by atoms with van der Waals surface area (Å²) in [6, 6.07) is 0. The molecule has 0 fully saturated rings. The van der Waals surface area contributed by atoms with Crippen LogP contribution in [0.2, 0.25) is 0 Å². The van der Waals surface area contributed by atoms with Gasteiger partial charge in [-0.05, 0) is 83.5 Å². The summed E-state index contributed by atoms with van der Waals surface area (Å²) in [6.45, 7) is 6.53. The SMILES string of the molecule is CC/C=C\C/C=C\C/C=C\C/C=C\C/C=C\CCCCCCCCCCCCCC(=O)OCC(COC(=O)CCCCCCC/C=C\CCCC)OC(=O)CCCCCCCCCCCCCCCCCCCCCC. The van der Waals surface area contributed by atoms with Crippen molar-refractivity contribution in [2.24, 2.45) is 0 Å². The Balaban J connectivity index is 4.23. The van der Waals surface area contributed by atoms with Gasteiger partial charge in [0, 0.05) is 19.3 Å². The van der Waals surface area contributed by atoms with Gasteiger partial charge in [0.15, 0.2) is 6.10 Å². The van der Waals surface area contributed by atoms with Crippen LogP contribution in [0.25, 0.3) is 0 Å². The Labute approximate surface area is 472 Å². The predicted molar refractivity (Wildman–Crippen MR) is 330 cm³/mol. The molecule has 0 spiro atoms. The number of hydrogen-bond acceptors (Lipinski definition) is 6. The summed E-state index contributed by atoms with van der Waals surface area (Å²) in [5, 5.41) is 0.